The molecule has 3 aromatic rings. The fraction of sp³-hybridized carbons (Fsp3) is 0.273. The van der Waals surface area contributed by atoms with E-state index in [1.165, 1.54) is 0 Å². The highest BCUT2D eigenvalue weighted by molar-refractivity contribution is 6.11. The summed E-state index contributed by atoms with van der Waals surface area (Å²) < 4.78 is 16.8. The van der Waals surface area contributed by atoms with E-state index in [9.17, 15) is 9.59 Å². The van der Waals surface area contributed by atoms with E-state index >= 15 is 0 Å². The molecule has 150 valence electrons. The minimum absolute atomic E-state index is 0.119. The van der Waals surface area contributed by atoms with E-state index in [2.05, 4.69) is 5.32 Å². The van der Waals surface area contributed by atoms with E-state index < -0.39 is 6.10 Å². The molecule has 1 N–H and O–H groups in total. The molecule has 1 saturated heterocycles. The Morgan fingerprint density at radius 1 is 1.03 bits per heavy atom. The third kappa shape index (κ3) is 4.09. The van der Waals surface area contributed by atoms with Crippen molar-refractivity contribution in [3.63, 3.8) is 0 Å². The number of rotatable bonds is 5. The largest absolute Gasteiger partial charge is 0.481 e. The van der Waals surface area contributed by atoms with Gasteiger partial charge in [0.1, 0.15) is 17.0 Å². The second-order valence-corrected chi connectivity index (χ2v) is 6.77. The Balaban J connectivity index is 1.60. The van der Waals surface area contributed by atoms with Crippen LogP contribution in [0.1, 0.15) is 17.5 Å². The minimum atomic E-state index is -0.752. The van der Waals surface area contributed by atoms with Gasteiger partial charge >= 0.3 is 0 Å². The van der Waals surface area contributed by atoms with Gasteiger partial charge < -0.3 is 24.1 Å². The van der Waals surface area contributed by atoms with Crippen LogP contribution in [0.15, 0.2) is 59.0 Å². The number of fused-ring (bicyclic) bond motifs is 1. The number of hydrogen-bond donors (Lipinski definition) is 1. The van der Waals surface area contributed by atoms with Gasteiger partial charge in [-0.05, 0) is 31.2 Å². The van der Waals surface area contributed by atoms with Crippen LogP contribution in [0.4, 0.5) is 5.69 Å². The molecule has 4 rings (SSSR count). The number of amides is 2. The average molecular weight is 394 g/mol. The number of furan rings is 1. The molecule has 2 aromatic carbocycles. The van der Waals surface area contributed by atoms with Crippen molar-refractivity contribution in [1.29, 1.82) is 0 Å². The van der Waals surface area contributed by atoms with Gasteiger partial charge in [-0.2, -0.15) is 0 Å². The maximum Gasteiger partial charge on any atom is 0.291 e. The van der Waals surface area contributed by atoms with Gasteiger partial charge in [0.05, 0.1) is 13.2 Å². The molecule has 2 amide bonds. The molecule has 0 aliphatic carbocycles. The van der Waals surface area contributed by atoms with Crippen LogP contribution in [0.3, 0.4) is 0 Å². The number of hydrogen-bond acceptors (Lipinski definition) is 5. The van der Waals surface area contributed by atoms with Crippen LogP contribution in [0.5, 0.6) is 5.75 Å². The highest BCUT2D eigenvalue weighted by atomic mass is 16.5. The van der Waals surface area contributed by atoms with Crippen molar-refractivity contribution >= 4 is 28.5 Å². The maximum absolute atomic E-state index is 13.0. The smallest absolute Gasteiger partial charge is 0.291 e. The lowest BCUT2D eigenvalue weighted by molar-refractivity contribution is -0.122. The van der Waals surface area contributed by atoms with E-state index in [1.807, 2.05) is 36.4 Å². The van der Waals surface area contributed by atoms with E-state index in [0.29, 0.717) is 48.7 Å². The van der Waals surface area contributed by atoms with Gasteiger partial charge in [0.2, 0.25) is 5.76 Å². The highest BCUT2D eigenvalue weighted by Crippen LogP contribution is 2.32. The van der Waals surface area contributed by atoms with Crippen LogP contribution >= 0.6 is 0 Å². The Morgan fingerprint density at radius 3 is 2.48 bits per heavy atom. The lowest BCUT2D eigenvalue weighted by Crippen LogP contribution is -2.41. The Bertz CT molecular complexity index is 1010. The monoisotopic (exact) mass is 394 g/mol. The Morgan fingerprint density at radius 2 is 1.72 bits per heavy atom. The van der Waals surface area contributed by atoms with Crippen molar-refractivity contribution in [3.8, 4) is 5.75 Å². The second-order valence-electron chi connectivity index (χ2n) is 6.77. The SMILES string of the molecule is C[C@@H](Oc1ccccc1)C(=O)Nc1c(C(=O)N2CCOCC2)oc2ccccc12. The van der Waals surface area contributed by atoms with Crippen molar-refractivity contribution in [2.45, 2.75) is 13.0 Å². The first-order chi connectivity index (χ1) is 14.1. The lowest BCUT2D eigenvalue weighted by Gasteiger charge is -2.26. The molecule has 1 aromatic heterocycles. The summed E-state index contributed by atoms with van der Waals surface area (Å²) >= 11 is 0. The van der Waals surface area contributed by atoms with Crippen LogP contribution in [-0.4, -0.2) is 49.1 Å². The van der Waals surface area contributed by atoms with Gasteiger partial charge in [0, 0.05) is 18.5 Å². The summed E-state index contributed by atoms with van der Waals surface area (Å²) in [6, 6.07) is 16.3. The molecule has 0 bridgehead atoms. The molecule has 0 unspecified atom stereocenters. The topological polar surface area (TPSA) is 81.0 Å². The van der Waals surface area contributed by atoms with E-state index in [0.717, 1.165) is 0 Å². The van der Waals surface area contributed by atoms with Gasteiger partial charge in [0.15, 0.2) is 6.10 Å². The first-order valence-corrected chi connectivity index (χ1v) is 9.54. The standard InChI is InChI=1S/C22H22N2O5/c1-15(28-16-7-3-2-4-8-16)21(25)23-19-17-9-5-6-10-18(17)29-20(19)22(26)24-11-13-27-14-12-24/h2-10,15H,11-14H2,1H3,(H,23,25)/t15-/m1/s1. The fourth-order valence-electron chi connectivity index (χ4n) is 3.21. The number of nitrogens with one attached hydrogen (secondary N) is 1. The molecule has 1 atom stereocenters. The molecular formula is C22H22N2O5. The van der Waals surface area contributed by atoms with Gasteiger partial charge in [-0.15, -0.1) is 0 Å². The predicted octanol–water partition coefficient (Wildman–Crippen LogP) is 3.31. The van der Waals surface area contributed by atoms with Crippen LogP contribution in [0, 0.1) is 0 Å². The summed E-state index contributed by atoms with van der Waals surface area (Å²) in [5, 5.41) is 3.51. The van der Waals surface area contributed by atoms with E-state index in [1.54, 1.807) is 30.0 Å². The van der Waals surface area contributed by atoms with Crippen molar-refractivity contribution in [2.24, 2.45) is 0 Å². The number of para-hydroxylation sites is 2. The maximum atomic E-state index is 13.0. The van der Waals surface area contributed by atoms with E-state index in [-0.39, 0.29) is 17.6 Å². The number of anilines is 1. The fourth-order valence-corrected chi connectivity index (χ4v) is 3.21. The number of morpholine rings is 1. The zero-order chi connectivity index (χ0) is 20.2. The summed E-state index contributed by atoms with van der Waals surface area (Å²) in [6.07, 6.45) is -0.752. The molecular weight excluding hydrogens is 372 g/mol. The summed E-state index contributed by atoms with van der Waals surface area (Å²) in [5.41, 5.74) is 0.904. The molecule has 29 heavy (non-hydrogen) atoms. The lowest BCUT2D eigenvalue weighted by atomic mass is 10.2. The van der Waals surface area contributed by atoms with Crippen molar-refractivity contribution < 1.29 is 23.5 Å². The quantitative estimate of drug-likeness (QED) is 0.718. The third-order valence-corrected chi connectivity index (χ3v) is 4.76. The van der Waals surface area contributed by atoms with Crippen LogP contribution in [0.2, 0.25) is 0 Å². The zero-order valence-electron chi connectivity index (χ0n) is 16.1. The molecule has 7 nitrogen and oxygen atoms in total. The van der Waals surface area contributed by atoms with Gasteiger partial charge in [-0.3, -0.25) is 9.59 Å². The first kappa shape index (κ1) is 19.0. The molecule has 0 spiro atoms. The van der Waals surface area contributed by atoms with Crippen molar-refractivity contribution in [1.82, 2.24) is 4.90 Å². The predicted molar refractivity (Wildman–Crippen MR) is 108 cm³/mol. The normalized spacial score (nSPS) is 15.1. The number of ether oxygens (including phenoxy) is 2. The number of benzene rings is 2. The van der Waals surface area contributed by atoms with Crippen LogP contribution in [-0.2, 0) is 9.53 Å². The molecule has 1 aliphatic rings. The van der Waals surface area contributed by atoms with Crippen LogP contribution < -0.4 is 10.1 Å². The number of carbonyl (C=O) groups excluding carboxylic acids is 2. The van der Waals surface area contributed by atoms with Gasteiger partial charge in [-0.1, -0.05) is 30.3 Å². The molecule has 1 aliphatic heterocycles. The molecule has 0 radical (unpaired) electrons. The number of nitrogens with zero attached hydrogens (tertiary/aromatic N) is 1. The Kier molecular flexibility index (Phi) is 5.48. The van der Waals surface area contributed by atoms with Crippen molar-refractivity contribution in [2.75, 3.05) is 31.6 Å². The summed E-state index contributed by atoms with van der Waals surface area (Å²) in [5.74, 6) is 0.0815. The van der Waals surface area contributed by atoms with E-state index in [4.69, 9.17) is 13.9 Å². The van der Waals surface area contributed by atoms with Gasteiger partial charge in [-0.25, -0.2) is 0 Å². The molecule has 1 fully saturated rings. The Hall–Kier alpha value is -3.32. The van der Waals surface area contributed by atoms with Crippen LogP contribution in [0.25, 0.3) is 11.0 Å². The molecule has 7 heteroatoms. The average Bonchev–Trinajstić information content (AvgIpc) is 3.13. The zero-order valence-corrected chi connectivity index (χ0v) is 16.1. The minimum Gasteiger partial charge on any atom is -0.481 e. The molecule has 2 heterocycles. The number of carbonyl (C=O) groups is 2. The Labute approximate surface area is 168 Å². The summed E-state index contributed by atoms with van der Waals surface area (Å²) in [7, 11) is 0. The third-order valence-electron chi connectivity index (χ3n) is 4.76. The van der Waals surface area contributed by atoms with Gasteiger partial charge in [0.25, 0.3) is 11.8 Å². The molecule has 0 saturated carbocycles. The first-order valence-electron chi connectivity index (χ1n) is 9.54. The summed E-state index contributed by atoms with van der Waals surface area (Å²) in [6.45, 7) is 3.59. The second kappa shape index (κ2) is 8.36. The highest BCUT2D eigenvalue weighted by Gasteiger charge is 2.28. The van der Waals surface area contributed by atoms with Crippen molar-refractivity contribution in [3.05, 3.63) is 60.4 Å². The summed E-state index contributed by atoms with van der Waals surface area (Å²) in [4.78, 5) is 27.5.